The molecule has 0 fully saturated rings. The van der Waals surface area contributed by atoms with Crippen LogP contribution in [0.3, 0.4) is 0 Å². The number of amides is 1. The standard InChI is InChI=1S/C18H16ClN3O2S/c19-14-5-3-13(4-6-14)18(23)21-9-7-15-12-25-17(22-15)11-24-16-2-1-8-20-10-16/h1-6,8,10,12H,7,9,11H2,(H,21,23). The highest BCUT2D eigenvalue weighted by atomic mass is 35.5. The third-order valence-corrected chi connectivity index (χ3v) is 4.49. The zero-order valence-corrected chi connectivity index (χ0v) is 14.9. The van der Waals surface area contributed by atoms with Gasteiger partial charge in [-0.3, -0.25) is 9.78 Å². The number of hydrogen-bond acceptors (Lipinski definition) is 5. The molecule has 3 rings (SSSR count). The van der Waals surface area contributed by atoms with Crippen LogP contribution in [-0.2, 0) is 13.0 Å². The summed E-state index contributed by atoms with van der Waals surface area (Å²) in [5.41, 5.74) is 1.53. The Kier molecular flexibility index (Phi) is 5.98. The highest BCUT2D eigenvalue weighted by molar-refractivity contribution is 7.09. The normalized spacial score (nSPS) is 10.4. The summed E-state index contributed by atoms with van der Waals surface area (Å²) in [5, 5.41) is 6.36. The first-order valence-electron chi connectivity index (χ1n) is 7.70. The fourth-order valence-corrected chi connectivity index (χ4v) is 2.98. The van der Waals surface area contributed by atoms with E-state index in [0.29, 0.717) is 30.2 Å². The van der Waals surface area contributed by atoms with Gasteiger partial charge in [0.05, 0.1) is 11.9 Å². The average Bonchev–Trinajstić information content (AvgIpc) is 3.09. The summed E-state index contributed by atoms with van der Waals surface area (Å²) in [6.45, 7) is 0.932. The molecule has 0 saturated carbocycles. The number of aromatic nitrogens is 2. The molecule has 1 N–H and O–H groups in total. The molecule has 1 amide bonds. The molecule has 0 radical (unpaired) electrons. The monoisotopic (exact) mass is 373 g/mol. The number of pyridine rings is 1. The van der Waals surface area contributed by atoms with Gasteiger partial charge in [-0.2, -0.15) is 0 Å². The number of hydrogen-bond donors (Lipinski definition) is 1. The Morgan fingerprint density at radius 3 is 2.84 bits per heavy atom. The van der Waals surface area contributed by atoms with Crippen LogP contribution in [0.4, 0.5) is 0 Å². The lowest BCUT2D eigenvalue weighted by atomic mass is 10.2. The van der Waals surface area contributed by atoms with Gasteiger partial charge in [0.25, 0.3) is 5.91 Å². The molecule has 1 aromatic carbocycles. The second-order valence-electron chi connectivity index (χ2n) is 5.22. The Morgan fingerprint density at radius 2 is 2.08 bits per heavy atom. The van der Waals surface area contributed by atoms with Crippen molar-refractivity contribution in [1.82, 2.24) is 15.3 Å². The number of nitrogens with one attached hydrogen (secondary N) is 1. The van der Waals surface area contributed by atoms with Gasteiger partial charge < -0.3 is 10.1 Å². The number of ether oxygens (including phenoxy) is 1. The molecule has 2 aromatic heterocycles. The Balaban J connectivity index is 1.44. The van der Waals surface area contributed by atoms with Gasteiger partial charge in [-0.15, -0.1) is 11.3 Å². The fraction of sp³-hybridized carbons (Fsp3) is 0.167. The SMILES string of the molecule is O=C(NCCc1csc(COc2cccnc2)n1)c1ccc(Cl)cc1. The van der Waals surface area contributed by atoms with Gasteiger partial charge in [0.1, 0.15) is 17.4 Å². The lowest BCUT2D eigenvalue weighted by Crippen LogP contribution is -2.25. The highest BCUT2D eigenvalue weighted by Gasteiger charge is 2.07. The van der Waals surface area contributed by atoms with Gasteiger partial charge in [0, 0.05) is 35.1 Å². The van der Waals surface area contributed by atoms with E-state index in [4.69, 9.17) is 16.3 Å². The van der Waals surface area contributed by atoms with Crippen molar-refractivity contribution in [1.29, 1.82) is 0 Å². The zero-order chi connectivity index (χ0) is 17.5. The van der Waals surface area contributed by atoms with Crippen molar-refractivity contribution in [2.75, 3.05) is 6.54 Å². The molecule has 5 nitrogen and oxygen atoms in total. The number of carbonyl (C=O) groups excluding carboxylic acids is 1. The molecule has 25 heavy (non-hydrogen) atoms. The van der Waals surface area contributed by atoms with Gasteiger partial charge in [0.2, 0.25) is 0 Å². The van der Waals surface area contributed by atoms with Crippen molar-refractivity contribution in [2.24, 2.45) is 0 Å². The van der Waals surface area contributed by atoms with Crippen molar-refractivity contribution in [3.63, 3.8) is 0 Å². The van der Waals surface area contributed by atoms with E-state index >= 15 is 0 Å². The Labute approximate surface area is 154 Å². The number of nitrogens with zero attached hydrogens (tertiary/aromatic N) is 2. The maximum Gasteiger partial charge on any atom is 0.251 e. The summed E-state index contributed by atoms with van der Waals surface area (Å²) in [5.74, 6) is 0.599. The molecule has 128 valence electrons. The van der Waals surface area contributed by atoms with Crippen molar-refractivity contribution in [3.05, 3.63) is 75.5 Å². The van der Waals surface area contributed by atoms with Crippen molar-refractivity contribution in [2.45, 2.75) is 13.0 Å². The summed E-state index contributed by atoms with van der Waals surface area (Å²) in [7, 11) is 0. The minimum absolute atomic E-state index is 0.118. The summed E-state index contributed by atoms with van der Waals surface area (Å²) in [4.78, 5) is 20.5. The highest BCUT2D eigenvalue weighted by Crippen LogP contribution is 2.14. The molecule has 0 spiro atoms. The fourth-order valence-electron chi connectivity index (χ4n) is 2.12. The number of carbonyl (C=O) groups is 1. The molecule has 0 saturated heterocycles. The molecule has 0 aliphatic heterocycles. The van der Waals surface area contributed by atoms with E-state index < -0.39 is 0 Å². The summed E-state index contributed by atoms with van der Waals surface area (Å²) in [6, 6.07) is 10.5. The molecule has 0 unspecified atom stereocenters. The minimum Gasteiger partial charge on any atom is -0.485 e. The molecule has 2 heterocycles. The van der Waals surface area contributed by atoms with Crippen LogP contribution in [0.25, 0.3) is 0 Å². The second kappa shape index (κ2) is 8.60. The predicted molar refractivity (Wildman–Crippen MR) is 98.2 cm³/mol. The number of rotatable bonds is 7. The Bertz CT molecular complexity index is 822. The average molecular weight is 374 g/mol. The molecule has 0 atom stereocenters. The lowest BCUT2D eigenvalue weighted by Gasteiger charge is -2.04. The van der Waals surface area contributed by atoms with E-state index in [9.17, 15) is 4.79 Å². The maximum atomic E-state index is 12.0. The molecule has 3 aromatic rings. The van der Waals surface area contributed by atoms with Gasteiger partial charge in [-0.05, 0) is 36.4 Å². The first-order valence-corrected chi connectivity index (χ1v) is 8.96. The molecular weight excluding hydrogens is 358 g/mol. The smallest absolute Gasteiger partial charge is 0.251 e. The van der Waals surface area contributed by atoms with E-state index in [1.807, 2.05) is 17.5 Å². The van der Waals surface area contributed by atoms with Gasteiger partial charge in [-0.25, -0.2) is 4.98 Å². The number of thiazole rings is 1. The first kappa shape index (κ1) is 17.4. The number of halogens is 1. The van der Waals surface area contributed by atoms with Crippen LogP contribution in [0.2, 0.25) is 5.02 Å². The second-order valence-corrected chi connectivity index (χ2v) is 6.60. The van der Waals surface area contributed by atoms with E-state index in [0.717, 1.165) is 16.5 Å². The van der Waals surface area contributed by atoms with Crippen LogP contribution in [0.15, 0.2) is 54.2 Å². The van der Waals surface area contributed by atoms with Crippen LogP contribution in [0, 0.1) is 0 Å². The van der Waals surface area contributed by atoms with Crippen LogP contribution in [-0.4, -0.2) is 22.4 Å². The third-order valence-electron chi connectivity index (χ3n) is 3.37. The number of benzene rings is 1. The van der Waals surface area contributed by atoms with Crippen LogP contribution in [0.5, 0.6) is 5.75 Å². The lowest BCUT2D eigenvalue weighted by molar-refractivity contribution is 0.0954. The van der Waals surface area contributed by atoms with E-state index in [2.05, 4.69) is 15.3 Å². The minimum atomic E-state index is -0.118. The van der Waals surface area contributed by atoms with Crippen LogP contribution >= 0.6 is 22.9 Å². The summed E-state index contributed by atoms with van der Waals surface area (Å²) in [6.07, 6.45) is 4.04. The van der Waals surface area contributed by atoms with E-state index in [1.165, 1.54) is 0 Å². The van der Waals surface area contributed by atoms with Crippen molar-refractivity contribution in [3.8, 4) is 5.75 Å². The topological polar surface area (TPSA) is 64.1 Å². The quantitative estimate of drug-likeness (QED) is 0.685. The molecule has 0 bridgehead atoms. The molecule has 0 aliphatic carbocycles. The Hall–Kier alpha value is -2.44. The first-order chi connectivity index (χ1) is 12.2. The molecule has 7 heteroatoms. The molecular formula is C18H16ClN3O2S. The summed E-state index contributed by atoms with van der Waals surface area (Å²) < 4.78 is 5.62. The van der Waals surface area contributed by atoms with Gasteiger partial charge >= 0.3 is 0 Å². The molecule has 0 aliphatic rings. The Morgan fingerprint density at radius 1 is 1.24 bits per heavy atom. The predicted octanol–water partition coefficient (Wildman–Crippen LogP) is 3.74. The van der Waals surface area contributed by atoms with Gasteiger partial charge in [-0.1, -0.05) is 11.6 Å². The van der Waals surface area contributed by atoms with E-state index in [-0.39, 0.29) is 5.91 Å². The van der Waals surface area contributed by atoms with E-state index in [1.54, 1.807) is 48.0 Å². The zero-order valence-electron chi connectivity index (χ0n) is 13.3. The van der Waals surface area contributed by atoms with Crippen LogP contribution < -0.4 is 10.1 Å². The van der Waals surface area contributed by atoms with Gasteiger partial charge in [0.15, 0.2) is 0 Å². The van der Waals surface area contributed by atoms with Crippen molar-refractivity contribution < 1.29 is 9.53 Å². The third kappa shape index (κ3) is 5.27. The van der Waals surface area contributed by atoms with Crippen LogP contribution in [0.1, 0.15) is 21.1 Å². The maximum absolute atomic E-state index is 12.0. The summed E-state index contributed by atoms with van der Waals surface area (Å²) >= 11 is 7.36. The van der Waals surface area contributed by atoms with Crippen molar-refractivity contribution >= 4 is 28.8 Å². The largest absolute Gasteiger partial charge is 0.485 e.